The van der Waals surface area contributed by atoms with Gasteiger partial charge in [-0.15, -0.1) is 0 Å². The molecule has 1 amide bonds. The first-order valence-electron chi connectivity index (χ1n) is 5.66. The van der Waals surface area contributed by atoms with Crippen LogP contribution in [0.25, 0.3) is 0 Å². The lowest BCUT2D eigenvalue weighted by atomic mass is 10.3. The van der Waals surface area contributed by atoms with Crippen LogP contribution in [0.5, 0.6) is 0 Å². The monoisotopic (exact) mass is 209 g/mol. The van der Waals surface area contributed by atoms with Crippen LogP contribution >= 0.6 is 0 Å². The van der Waals surface area contributed by atoms with Crippen LogP contribution in [0.15, 0.2) is 0 Å². The van der Waals surface area contributed by atoms with Crippen molar-refractivity contribution in [3.8, 4) is 6.07 Å². The molecule has 4 heteroatoms. The van der Waals surface area contributed by atoms with Gasteiger partial charge in [0.2, 0.25) is 5.91 Å². The number of nitrogens with zero attached hydrogens (tertiary/aromatic N) is 2. The van der Waals surface area contributed by atoms with Crippen LogP contribution in [0.3, 0.4) is 0 Å². The highest BCUT2D eigenvalue weighted by molar-refractivity contribution is 5.76. The van der Waals surface area contributed by atoms with Gasteiger partial charge in [-0.3, -0.25) is 4.79 Å². The maximum absolute atomic E-state index is 11.7. The minimum Gasteiger partial charge on any atom is -0.342 e. The van der Waals surface area contributed by atoms with Crippen molar-refractivity contribution in [2.75, 3.05) is 19.6 Å². The Balaban J connectivity index is 2.13. The Morgan fingerprint density at radius 1 is 1.60 bits per heavy atom. The molecular formula is C11H19N3O. The number of nitriles is 1. The van der Waals surface area contributed by atoms with E-state index in [1.807, 2.05) is 6.92 Å². The molecule has 0 aliphatic heterocycles. The first-order chi connectivity index (χ1) is 7.27. The summed E-state index contributed by atoms with van der Waals surface area (Å²) in [4.78, 5) is 13.4. The molecule has 0 spiro atoms. The molecule has 1 aliphatic carbocycles. The number of carbonyl (C=O) groups excluding carboxylic acids is 1. The van der Waals surface area contributed by atoms with Gasteiger partial charge in [0.05, 0.1) is 12.5 Å². The third kappa shape index (κ3) is 4.80. The summed E-state index contributed by atoms with van der Waals surface area (Å²) < 4.78 is 0. The van der Waals surface area contributed by atoms with Gasteiger partial charge < -0.3 is 10.2 Å². The van der Waals surface area contributed by atoms with Gasteiger partial charge in [-0.1, -0.05) is 0 Å². The molecular weight excluding hydrogens is 190 g/mol. The van der Waals surface area contributed by atoms with Crippen molar-refractivity contribution in [2.45, 2.75) is 38.6 Å². The van der Waals surface area contributed by atoms with Crippen LogP contribution in [-0.4, -0.2) is 36.5 Å². The zero-order chi connectivity index (χ0) is 11.1. The highest BCUT2D eigenvalue weighted by Crippen LogP contribution is 2.18. The second-order valence-corrected chi connectivity index (χ2v) is 3.86. The van der Waals surface area contributed by atoms with Crippen molar-refractivity contribution in [3.63, 3.8) is 0 Å². The van der Waals surface area contributed by atoms with E-state index in [1.54, 1.807) is 4.90 Å². The summed E-state index contributed by atoms with van der Waals surface area (Å²) in [5, 5.41) is 11.8. The molecule has 1 saturated carbocycles. The number of amides is 1. The molecule has 1 N–H and O–H groups in total. The van der Waals surface area contributed by atoms with Gasteiger partial charge in [0.25, 0.3) is 0 Å². The van der Waals surface area contributed by atoms with Crippen molar-refractivity contribution in [2.24, 2.45) is 0 Å². The average molecular weight is 209 g/mol. The van der Waals surface area contributed by atoms with E-state index in [0.29, 0.717) is 32.0 Å². The van der Waals surface area contributed by atoms with Crippen molar-refractivity contribution in [1.29, 1.82) is 5.26 Å². The Morgan fingerprint density at radius 2 is 2.33 bits per heavy atom. The lowest BCUT2D eigenvalue weighted by molar-refractivity contribution is -0.130. The largest absolute Gasteiger partial charge is 0.342 e. The number of hydrogen-bond acceptors (Lipinski definition) is 3. The van der Waals surface area contributed by atoms with Crippen LogP contribution in [0.2, 0.25) is 0 Å². The SMILES string of the molecule is CCN(CCC#N)C(=O)CCNC1CC1. The molecule has 0 aromatic heterocycles. The quantitative estimate of drug-likeness (QED) is 0.677. The summed E-state index contributed by atoms with van der Waals surface area (Å²) in [7, 11) is 0. The molecule has 1 fully saturated rings. The summed E-state index contributed by atoms with van der Waals surface area (Å²) in [5.41, 5.74) is 0. The van der Waals surface area contributed by atoms with Crippen molar-refractivity contribution in [1.82, 2.24) is 10.2 Å². The normalized spacial score (nSPS) is 14.7. The summed E-state index contributed by atoms with van der Waals surface area (Å²) in [6.07, 6.45) is 3.48. The third-order valence-electron chi connectivity index (χ3n) is 2.58. The third-order valence-corrected chi connectivity index (χ3v) is 2.58. The molecule has 0 saturated heterocycles. The Morgan fingerprint density at radius 3 is 2.87 bits per heavy atom. The van der Waals surface area contributed by atoms with E-state index in [0.717, 1.165) is 6.54 Å². The van der Waals surface area contributed by atoms with E-state index < -0.39 is 0 Å². The van der Waals surface area contributed by atoms with Gasteiger partial charge in [-0.05, 0) is 19.8 Å². The second kappa shape index (κ2) is 6.41. The minimum atomic E-state index is 0.154. The fourth-order valence-electron chi connectivity index (χ4n) is 1.47. The number of carbonyl (C=O) groups is 1. The fourth-order valence-corrected chi connectivity index (χ4v) is 1.47. The predicted octanol–water partition coefficient (Wildman–Crippen LogP) is 0.891. The van der Waals surface area contributed by atoms with Gasteiger partial charge in [0.15, 0.2) is 0 Å². The van der Waals surface area contributed by atoms with Crippen LogP contribution in [0.4, 0.5) is 0 Å². The summed E-state index contributed by atoms with van der Waals surface area (Å²) in [5.74, 6) is 0.154. The number of rotatable bonds is 7. The van der Waals surface area contributed by atoms with Crippen LogP contribution < -0.4 is 5.32 Å². The van der Waals surface area contributed by atoms with Crippen molar-refractivity contribution in [3.05, 3.63) is 0 Å². The predicted molar refractivity (Wildman–Crippen MR) is 58.1 cm³/mol. The lowest BCUT2D eigenvalue weighted by Gasteiger charge is -2.19. The first kappa shape index (κ1) is 12.0. The molecule has 0 heterocycles. The maximum atomic E-state index is 11.7. The van der Waals surface area contributed by atoms with Crippen LogP contribution in [0, 0.1) is 11.3 Å². The van der Waals surface area contributed by atoms with Gasteiger partial charge in [-0.2, -0.15) is 5.26 Å². The molecule has 1 aliphatic rings. The molecule has 0 atom stereocenters. The topological polar surface area (TPSA) is 56.1 Å². The minimum absolute atomic E-state index is 0.154. The van der Waals surface area contributed by atoms with Gasteiger partial charge >= 0.3 is 0 Å². The van der Waals surface area contributed by atoms with E-state index in [-0.39, 0.29) is 5.91 Å². The van der Waals surface area contributed by atoms with E-state index in [2.05, 4.69) is 11.4 Å². The molecule has 84 valence electrons. The number of nitrogens with one attached hydrogen (secondary N) is 1. The highest BCUT2D eigenvalue weighted by Gasteiger charge is 2.20. The van der Waals surface area contributed by atoms with E-state index >= 15 is 0 Å². The standard InChI is InChI=1S/C11H19N3O/c1-2-14(9-3-7-12)11(15)6-8-13-10-4-5-10/h10,13H,2-6,8-9H2,1H3. The van der Waals surface area contributed by atoms with Gasteiger partial charge in [-0.25, -0.2) is 0 Å². The molecule has 0 bridgehead atoms. The zero-order valence-corrected chi connectivity index (χ0v) is 9.33. The van der Waals surface area contributed by atoms with E-state index in [9.17, 15) is 4.79 Å². The highest BCUT2D eigenvalue weighted by atomic mass is 16.2. The molecule has 0 aromatic rings. The first-order valence-corrected chi connectivity index (χ1v) is 5.66. The summed E-state index contributed by atoms with van der Waals surface area (Å²) in [6, 6.07) is 2.72. The number of hydrogen-bond donors (Lipinski definition) is 1. The van der Waals surface area contributed by atoms with E-state index in [4.69, 9.17) is 5.26 Å². The molecule has 0 unspecified atom stereocenters. The van der Waals surface area contributed by atoms with Crippen LogP contribution in [0.1, 0.15) is 32.6 Å². The van der Waals surface area contributed by atoms with Gasteiger partial charge in [0, 0.05) is 32.1 Å². The van der Waals surface area contributed by atoms with Crippen molar-refractivity contribution >= 4 is 5.91 Å². The Labute approximate surface area is 91.2 Å². The average Bonchev–Trinajstić information content (AvgIpc) is 3.03. The van der Waals surface area contributed by atoms with Gasteiger partial charge in [0.1, 0.15) is 0 Å². The maximum Gasteiger partial charge on any atom is 0.223 e. The molecule has 15 heavy (non-hydrogen) atoms. The summed E-state index contributed by atoms with van der Waals surface area (Å²) in [6.45, 7) is 3.98. The molecule has 4 nitrogen and oxygen atoms in total. The molecule has 0 aromatic carbocycles. The van der Waals surface area contributed by atoms with E-state index in [1.165, 1.54) is 12.8 Å². The Hall–Kier alpha value is -1.08. The fraction of sp³-hybridized carbons (Fsp3) is 0.818. The second-order valence-electron chi connectivity index (χ2n) is 3.86. The molecule has 0 radical (unpaired) electrons. The zero-order valence-electron chi connectivity index (χ0n) is 9.33. The summed E-state index contributed by atoms with van der Waals surface area (Å²) >= 11 is 0. The smallest absolute Gasteiger partial charge is 0.223 e. The Kier molecular flexibility index (Phi) is 5.13. The molecule has 1 rings (SSSR count). The Bertz CT molecular complexity index is 243. The lowest BCUT2D eigenvalue weighted by Crippen LogP contribution is -2.34. The van der Waals surface area contributed by atoms with Crippen LogP contribution in [-0.2, 0) is 4.79 Å². The van der Waals surface area contributed by atoms with Crippen molar-refractivity contribution < 1.29 is 4.79 Å².